The van der Waals surface area contributed by atoms with E-state index in [9.17, 15) is 19.8 Å². The van der Waals surface area contributed by atoms with Crippen LogP contribution in [0.1, 0.15) is 55.7 Å². The molecule has 1 saturated heterocycles. The van der Waals surface area contributed by atoms with Gasteiger partial charge < -0.3 is 24.6 Å². The van der Waals surface area contributed by atoms with Gasteiger partial charge in [-0.2, -0.15) is 0 Å². The van der Waals surface area contributed by atoms with Crippen molar-refractivity contribution in [1.82, 2.24) is 9.80 Å². The Morgan fingerprint density at radius 2 is 1.98 bits per heavy atom. The predicted molar refractivity (Wildman–Crippen MR) is 149 cm³/mol. The van der Waals surface area contributed by atoms with E-state index < -0.39 is 29.0 Å². The predicted octanol–water partition coefficient (Wildman–Crippen LogP) is 3.43. The highest BCUT2D eigenvalue weighted by Gasteiger charge is 2.74. The minimum atomic E-state index is -1.20. The summed E-state index contributed by atoms with van der Waals surface area (Å²) in [5.41, 5.74) is 2.56. The number of likely N-dealkylation sites (tertiary alicyclic amines) is 1. The zero-order valence-electron chi connectivity index (χ0n) is 23.3. The van der Waals surface area contributed by atoms with Gasteiger partial charge in [0.2, 0.25) is 5.91 Å². The highest BCUT2D eigenvalue weighted by Crippen LogP contribution is 2.68. The third-order valence-corrected chi connectivity index (χ3v) is 10.7. The number of nitrogens with zero attached hydrogens (tertiary/aromatic N) is 2. The van der Waals surface area contributed by atoms with Crippen molar-refractivity contribution in [3.8, 4) is 11.5 Å². The first-order valence-electron chi connectivity index (χ1n) is 15.1. The van der Waals surface area contributed by atoms with Gasteiger partial charge in [0.1, 0.15) is 0 Å². The van der Waals surface area contributed by atoms with Crippen molar-refractivity contribution in [2.75, 3.05) is 19.7 Å². The zero-order chi connectivity index (χ0) is 28.1. The van der Waals surface area contributed by atoms with Gasteiger partial charge in [-0.3, -0.25) is 14.5 Å². The van der Waals surface area contributed by atoms with Crippen molar-refractivity contribution in [3.63, 3.8) is 0 Å². The molecule has 2 fully saturated rings. The van der Waals surface area contributed by atoms with Gasteiger partial charge in [-0.25, -0.2) is 0 Å². The maximum Gasteiger partial charge on any atom is 0.306 e. The number of amides is 1. The van der Waals surface area contributed by atoms with Gasteiger partial charge in [-0.15, -0.1) is 0 Å². The summed E-state index contributed by atoms with van der Waals surface area (Å²) in [6, 6.07) is 13.4. The third kappa shape index (κ3) is 3.40. The number of carbonyl (C=O) groups excluding carboxylic acids is 2. The Kier molecular flexibility index (Phi) is 5.46. The fourth-order valence-corrected chi connectivity index (χ4v) is 8.80. The molecule has 3 heterocycles. The first-order valence-corrected chi connectivity index (χ1v) is 15.1. The molecule has 2 aromatic rings. The molecular formula is C33H36N2O6. The maximum absolute atomic E-state index is 14.2. The lowest BCUT2D eigenvalue weighted by Gasteiger charge is -2.63. The number of aliphatic hydroxyl groups is 1. The van der Waals surface area contributed by atoms with Gasteiger partial charge in [0.15, 0.2) is 17.6 Å². The number of fused-ring (bicyclic) bond motifs is 1. The molecule has 2 aromatic carbocycles. The number of phenolic OH excluding ortho intramolecular Hbond substituents is 1. The Balaban J connectivity index is 1.31. The average Bonchev–Trinajstić information content (AvgIpc) is 3.65. The molecule has 8 heteroatoms. The Bertz CT molecular complexity index is 1480. The van der Waals surface area contributed by atoms with Crippen molar-refractivity contribution < 1.29 is 29.3 Å². The second kappa shape index (κ2) is 8.82. The lowest BCUT2D eigenvalue weighted by Crippen LogP contribution is -2.75. The first kappa shape index (κ1) is 25.4. The maximum atomic E-state index is 14.2. The molecule has 214 valence electrons. The first-order chi connectivity index (χ1) is 19.9. The third-order valence-electron chi connectivity index (χ3n) is 10.7. The number of hydrogen-bond acceptors (Lipinski definition) is 7. The van der Waals surface area contributed by atoms with E-state index in [4.69, 9.17) is 9.47 Å². The molecule has 0 aromatic heterocycles. The molecule has 8 rings (SSSR count). The number of aromatic hydroxyl groups is 1. The zero-order valence-corrected chi connectivity index (χ0v) is 23.3. The van der Waals surface area contributed by atoms with Crippen LogP contribution in [0, 0.1) is 11.8 Å². The molecule has 0 radical (unpaired) electrons. The number of esters is 1. The average molecular weight is 557 g/mol. The normalized spacial score (nSPS) is 33.0. The van der Waals surface area contributed by atoms with E-state index >= 15 is 0 Å². The fourth-order valence-electron chi connectivity index (χ4n) is 8.80. The molecule has 6 aliphatic rings. The molecule has 1 amide bonds. The summed E-state index contributed by atoms with van der Waals surface area (Å²) in [6.07, 6.45) is 3.39. The Morgan fingerprint density at radius 1 is 1.17 bits per heavy atom. The van der Waals surface area contributed by atoms with Crippen LogP contribution in [0.25, 0.3) is 0 Å². The van der Waals surface area contributed by atoms with Crippen LogP contribution >= 0.6 is 0 Å². The van der Waals surface area contributed by atoms with E-state index in [0.717, 1.165) is 41.1 Å². The van der Waals surface area contributed by atoms with Crippen LogP contribution in [0.3, 0.4) is 0 Å². The van der Waals surface area contributed by atoms with Gasteiger partial charge in [-0.1, -0.05) is 36.4 Å². The smallest absolute Gasteiger partial charge is 0.306 e. The van der Waals surface area contributed by atoms with Crippen molar-refractivity contribution in [2.24, 2.45) is 11.8 Å². The minimum absolute atomic E-state index is 0.0630. The molecule has 41 heavy (non-hydrogen) atoms. The summed E-state index contributed by atoms with van der Waals surface area (Å²) in [5, 5.41) is 24.1. The number of rotatable bonds is 7. The topological polar surface area (TPSA) is 99.5 Å². The van der Waals surface area contributed by atoms with E-state index in [1.165, 1.54) is 12.8 Å². The van der Waals surface area contributed by atoms with Crippen molar-refractivity contribution >= 4 is 11.9 Å². The standard InChI is InChI=1S/C33H36N2O6/c1-2-40-26(37)15-22-23-16-33(39)25-14-21-10-11-24(36)29-27(21)32(33,12-13-34(25)17-20-8-9-20)30(41-29)28(23)35(31(22)38)18-19-6-4-3-5-7-19/h3-7,10-11,20,22,25,30,36,39H,2,8-9,12-18H2,1H3/t22?,25-,30+,32+,33-/m1/s1. The van der Waals surface area contributed by atoms with E-state index in [0.29, 0.717) is 37.5 Å². The molecule has 2 N–H and O–H groups in total. The number of benzene rings is 2. The molecule has 3 aliphatic carbocycles. The lowest BCUT2D eigenvalue weighted by atomic mass is 9.48. The van der Waals surface area contributed by atoms with Crippen molar-refractivity contribution in [3.05, 3.63) is 70.4 Å². The van der Waals surface area contributed by atoms with Crippen LogP contribution in [-0.2, 0) is 32.7 Å². The molecule has 5 atom stereocenters. The largest absolute Gasteiger partial charge is 0.504 e. The highest BCUT2D eigenvalue weighted by atomic mass is 16.5. The van der Waals surface area contributed by atoms with Gasteiger partial charge in [0.25, 0.3) is 0 Å². The number of hydrogen-bond donors (Lipinski definition) is 2. The van der Waals surface area contributed by atoms with E-state index in [1.807, 2.05) is 36.4 Å². The summed E-state index contributed by atoms with van der Waals surface area (Å²) in [7, 11) is 0. The van der Waals surface area contributed by atoms with Crippen LogP contribution in [0.5, 0.6) is 11.5 Å². The van der Waals surface area contributed by atoms with Crippen LogP contribution in [0.2, 0.25) is 0 Å². The lowest BCUT2D eigenvalue weighted by molar-refractivity contribution is -0.168. The SMILES string of the molecule is CCOC(=O)CC1C(=O)N(Cc2ccccc2)C2=C1C[C@@]1(O)[C@H]3Cc4ccc(O)c5c4[C@@]1(CCN3CC1CC1)[C@H]2O5. The van der Waals surface area contributed by atoms with Crippen LogP contribution < -0.4 is 4.74 Å². The molecule has 1 unspecified atom stereocenters. The van der Waals surface area contributed by atoms with Crippen LogP contribution in [0.4, 0.5) is 0 Å². The summed E-state index contributed by atoms with van der Waals surface area (Å²) >= 11 is 0. The minimum Gasteiger partial charge on any atom is -0.504 e. The fraction of sp³-hybridized carbons (Fsp3) is 0.515. The number of phenols is 1. The molecule has 1 spiro atoms. The van der Waals surface area contributed by atoms with Gasteiger partial charge in [0, 0.05) is 24.6 Å². The Morgan fingerprint density at radius 3 is 2.73 bits per heavy atom. The number of ether oxygens (including phenoxy) is 2. The second-order valence-corrected chi connectivity index (χ2v) is 12.8. The summed E-state index contributed by atoms with van der Waals surface area (Å²) in [6.45, 7) is 4.15. The van der Waals surface area contributed by atoms with Gasteiger partial charge in [-0.05, 0) is 67.8 Å². The number of piperidine rings is 1. The monoisotopic (exact) mass is 556 g/mol. The molecule has 1 saturated carbocycles. The second-order valence-electron chi connectivity index (χ2n) is 12.8. The molecule has 3 aliphatic heterocycles. The summed E-state index contributed by atoms with van der Waals surface area (Å²) < 4.78 is 12.0. The highest BCUT2D eigenvalue weighted by molar-refractivity contribution is 5.92. The summed E-state index contributed by atoms with van der Waals surface area (Å²) in [5.74, 6) is -0.105. The Labute approximate surface area is 239 Å². The Hall–Kier alpha value is -3.36. The van der Waals surface area contributed by atoms with E-state index in [1.54, 1.807) is 17.9 Å². The number of carbonyl (C=O) groups is 2. The van der Waals surface area contributed by atoms with Crippen LogP contribution in [0.15, 0.2) is 53.7 Å². The molecule has 2 bridgehead atoms. The van der Waals surface area contributed by atoms with E-state index in [-0.39, 0.29) is 30.7 Å². The van der Waals surface area contributed by atoms with Crippen molar-refractivity contribution in [1.29, 1.82) is 0 Å². The quantitative estimate of drug-likeness (QED) is 0.504. The van der Waals surface area contributed by atoms with Crippen molar-refractivity contribution in [2.45, 2.75) is 75.2 Å². The summed E-state index contributed by atoms with van der Waals surface area (Å²) in [4.78, 5) is 31.3. The van der Waals surface area contributed by atoms with E-state index in [2.05, 4.69) is 4.90 Å². The van der Waals surface area contributed by atoms with Gasteiger partial charge in [0.05, 0.1) is 42.2 Å². The molecular weight excluding hydrogens is 520 g/mol. The van der Waals surface area contributed by atoms with Crippen LogP contribution in [-0.4, -0.2) is 69.3 Å². The molecule has 8 nitrogen and oxygen atoms in total. The van der Waals surface area contributed by atoms with Gasteiger partial charge >= 0.3 is 5.97 Å².